The van der Waals surface area contributed by atoms with Gasteiger partial charge < -0.3 is 0 Å². The zero-order valence-corrected chi connectivity index (χ0v) is 10.4. The van der Waals surface area contributed by atoms with Crippen molar-refractivity contribution < 1.29 is 19.2 Å². The number of nitrogens with one attached hydrogen (secondary N) is 1. The van der Waals surface area contributed by atoms with E-state index in [1.54, 1.807) is 0 Å². The van der Waals surface area contributed by atoms with Crippen molar-refractivity contribution in [2.24, 2.45) is 35.5 Å². The highest BCUT2D eigenvalue weighted by Crippen LogP contribution is 2.56. The average molecular weight is 261 g/mol. The van der Waals surface area contributed by atoms with Crippen molar-refractivity contribution in [3.8, 4) is 0 Å². The van der Waals surface area contributed by atoms with Gasteiger partial charge in [-0.25, -0.2) is 0 Å². The lowest BCUT2D eigenvalue weighted by Crippen LogP contribution is -2.58. The van der Waals surface area contributed by atoms with Crippen LogP contribution in [-0.4, -0.2) is 23.4 Å². The van der Waals surface area contributed by atoms with Gasteiger partial charge in [-0.05, 0) is 37.5 Å². The van der Waals surface area contributed by atoms with Crippen LogP contribution in [-0.2, 0) is 19.2 Å². The minimum absolute atomic E-state index is 0.0486. The SMILES string of the molecule is O=C1NC(=O)C2CCC3C(=O)C(=O)C4CCC1C2C43. The first-order valence-electron chi connectivity index (χ1n) is 7.02. The Morgan fingerprint density at radius 2 is 1.00 bits per heavy atom. The lowest BCUT2D eigenvalue weighted by atomic mass is 9.55. The van der Waals surface area contributed by atoms with Gasteiger partial charge in [0.2, 0.25) is 23.4 Å². The Labute approximate surface area is 110 Å². The molecular formula is C14H15NO4. The van der Waals surface area contributed by atoms with Gasteiger partial charge in [0.05, 0.1) is 0 Å². The molecule has 4 rings (SSSR count). The van der Waals surface area contributed by atoms with Crippen LogP contribution < -0.4 is 5.32 Å². The number of carbonyl (C=O) groups excluding carboxylic acids is 4. The molecule has 4 aliphatic rings. The van der Waals surface area contributed by atoms with Crippen molar-refractivity contribution in [2.75, 3.05) is 0 Å². The van der Waals surface area contributed by atoms with Gasteiger partial charge in [0, 0.05) is 23.7 Å². The third kappa shape index (κ3) is 1.25. The molecule has 5 nitrogen and oxygen atoms in total. The van der Waals surface area contributed by atoms with E-state index in [0.29, 0.717) is 25.7 Å². The van der Waals surface area contributed by atoms with Crippen molar-refractivity contribution in [1.29, 1.82) is 0 Å². The molecule has 1 heterocycles. The Morgan fingerprint density at radius 3 is 1.47 bits per heavy atom. The van der Waals surface area contributed by atoms with Crippen molar-refractivity contribution in [3.05, 3.63) is 0 Å². The van der Waals surface area contributed by atoms with E-state index in [1.807, 2.05) is 0 Å². The van der Waals surface area contributed by atoms with Gasteiger partial charge in [-0.15, -0.1) is 0 Å². The molecule has 4 unspecified atom stereocenters. The second-order valence-corrected chi connectivity index (χ2v) is 6.32. The molecule has 3 saturated carbocycles. The molecule has 100 valence electrons. The summed E-state index contributed by atoms with van der Waals surface area (Å²) >= 11 is 0. The number of Topliss-reactive ketones (excluding diaryl/α,β-unsaturated/α-hetero) is 2. The molecule has 3 aliphatic carbocycles. The molecule has 0 aromatic carbocycles. The molecule has 4 fully saturated rings. The van der Waals surface area contributed by atoms with Crippen LogP contribution in [0.5, 0.6) is 0 Å². The second-order valence-electron chi connectivity index (χ2n) is 6.32. The number of carbonyl (C=O) groups is 4. The molecule has 0 aromatic rings. The predicted molar refractivity (Wildman–Crippen MR) is 62.6 cm³/mol. The van der Waals surface area contributed by atoms with Gasteiger partial charge in [0.15, 0.2) is 0 Å². The normalized spacial score (nSPS) is 48.0. The molecule has 0 bridgehead atoms. The molecule has 1 aliphatic heterocycles. The van der Waals surface area contributed by atoms with E-state index < -0.39 is 0 Å². The van der Waals surface area contributed by atoms with Crippen LogP contribution in [0.3, 0.4) is 0 Å². The van der Waals surface area contributed by atoms with E-state index >= 15 is 0 Å². The van der Waals surface area contributed by atoms with Crippen LogP contribution in [0.4, 0.5) is 0 Å². The Balaban J connectivity index is 1.81. The monoisotopic (exact) mass is 261 g/mol. The number of hydrogen-bond acceptors (Lipinski definition) is 4. The molecule has 0 aromatic heterocycles. The smallest absolute Gasteiger partial charge is 0.229 e. The molecule has 0 radical (unpaired) electrons. The largest absolute Gasteiger partial charge is 0.296 e. The molecular weight excluding hydrogens is 246 g/mol. The van der Waals surface area contributed by atoms with Crippen LogP contribution in [0, 0.1) is 35.5 Å². The summed E-state index contributed by atoms with van der Waals surface area (Å²) in [7, 11) is 0. The van der Waals surface area contributed by atoms with Gasteiger partial charge in [-0.2, -0.15) is 0 Å². The summed E-state index contributed by atoms with van der Waals surface area (Å²) in [4.78, 5) is 48.0. The van der Waals surface area contributed by atoms with Gasteiger partial charge in [-0.3, -0.25) is 24.5 Å². The van der Waals surface area contributed by atoms with Crippen LogP contribution in [0.1, 0.15) is 25.7 Å². The Hall–Kier alpha value is -1.52. The minimum atomic E-state index is -0.243. The topological polar surface area (TPSA) is 80.3 Å². The Morgan fingerprint density at radius 1 is 0.632 bits per heavy atom. The summed E-state index contributed by atoms with van der Waals surface area (Å²) in [5, 5.41) is 2.46. The van der Waals surface area contributed by atoms with Crippen LogP contribution in [0.2, 0.25) is 0 Å². The maximum absolute atomic E-state index is 12.0. The number of imide groups is 1. The van der Waals surface area contributed by atoms with E-state index in [9.17, 15) is 19.2 Å². The third-order valence-corrected chi connectivity index (χ3v) is 5.72. The van der Waals surface area contributed by atoms with E-state index in [0.717, 1.165) is 0 Å². The predicted octanol–water partition coefficient (Wildman–Crippen LogP) is 0.0794. The number of amides is 2. The maximum Gasteiger partial charge on any atom is 0.229 e. The number of ketones is 2. The summed E-state index contributed by atoms with van der Waals surface area (Å²) in [6, 6.07) is 0. The maximum atomic E-state index is 12.0. The van der Waals surface area contributed by atoms with Gasteiger partial charge in [0.1, 0.15) is 0 Å². The fourth-order valence-electron chi connectivity index (χ4n) is 5.02. The van der Waals surface area contributed by atoms with Gasteiger partial charge in [0.25, 0.3) is 0 Å². The van der Waals surface area contributed by atoms with Gasteiger partial charge >= 0.3 is 0 Å². The number of hydrogen-bond donors (Lipinski definition) is 1. The summed E-state index contributed by atoms with van der Waals surface area (Å²) in [6.07, 6.45) is 2.52. The van der Waals surface area contributed by atoms with Crippen LogP contribution in [0.25, 0.3) is 0 Å². The zero-order valence-electron chi connectivity index (χ0n) is 10.4. The lowest BCUT2D eigenvalue weighted by Gasteiger charge is -2.49. The highest BCUT2D eigenvalue weighted by atomic mass is 16.2. The minimum Gasteiger partial charge on any atom is -0.296 e. The molecule has 1 N–H and O–H groups in total. The molecule has 0 spiro atoms. The van der Waals surface area contributed by atoms with Crippen molar-refractivity contribution in [2.45, 2.75) is 25.7 Å². The van der Waals surface area contributed by atoms with Crippen molar-refractivity contribution in [1.82, 2.24) is 5.32 Å². The van der Waals surface area contributed by atoms with Crippen molar-refractivity contribution in [3.63, 3.8) is 0 Å². The first kappa shape index (κ1) is 11.3. The highest BCUT2D eigenvalue weighted by molar-refractivity contribution is 6.41. The lowest BCUT2D eigenvalue weighted by molar-refractivity contribution is -0.154. The number of piperidine rings is 1. The summed E-state index contributed by atoms with van der Waals surface area (Å²) in [5.41, 5.74) is 0. The quantitative estimate of drug-likeness (QED) is 0.494. The highest BCUT2D eigenvalue weighted by Gasteiger charge is 2.62. The van der Waals surface area contributed by atoms with E-state index in [-0.39, 0.29) is 58.9 Å². The standard InChI is InChI=1S/C14H15NO4/c16-11-5-1-3-7-10-8(14(19)15-13(7)18)4-2-6(9(5)10)12(11)17/h5-10H,1-4H2,(H,15,18,19). The summed E-state index contributed by atoms with van der Waals surface area (Å²) in [5.74, 6) is -1.80. The van der Waals surface area contributed by atoms with Gasteiger partial charge in [-0.1, -0.05) is 0 Å². The first-order chi connectivity index (χ1) is 9.09. The molecule has 5 heteroatoms. The van der Waals surface area contributed by atoms with E-state index in [2.05, 4.69) is 5.32 Å². The Bertz CT molecular complexity index is 482. The number of rotatable bonds is 0. The fraction of sp³-hybridized carbons (Fsp3) is 0.714. The summed E-state index contributed by atoms with van der Waals surface area (Å²) in [6.45, 7) is 0. The first-order valence-corrected chi connectivity index (χ1v) is 7.02. The second kappa shape index (κ2) is 3.52. The fourth-order valence-corrected chi connectivity index (χ4v) is 5.02. The molecule has 1 saturated heterocycles. The van der Waals surface area contributed by atoms with E-state index in [1.165, 1.54) is 0 Å². The Kier molecular flexibility index (Phi) is 2.10. The van der Waals surface area contributed by atoms with Crippen LogP contribution >= 0.6 is 0 Å². The third-order valence-electron chi connectivity index (χ3n) is 5.72. The molecule has 4 atom stereocenters. The molecule has 2 amide bonds. The van der Waals surface area contributed by atoms with E-state index in [4.69, 9.17) is 0 Å². The zero-order chi connectivity index (χ0) is 13.3. The molecule has 19 heavy (non-hydrogen) atoms. The van der Waals surface area contributed by atoms with Crippen LogP contribution in [0.15, 0.2) is 0 Å². The summed E-state index contributed by atoms with van der Waals surface area (Å²) < 4.78 is 0. The average Bonchev–Trinajstić information content (AvgIpc) is 2.65. The van der Waals surface area contributed by atoms with Crippen molar-refractivity contribution >= 4 is 23.4 Å².